The molecule has 0 unspecified atom stereocenters. The van der Waals surface area contributed by atoms with Crippen LogP contribution in [-0.4, -0.2) is 96.0 Å². The Morgan fingerprint density at radius 2 is 1.54 bits per heavy atom. The Kier molecular flexibility index (Phi) is 9.81. The monoisotopic (exact) mass is 478 g/mol. The van der Waals surface area contributed by atoms with Gasteiger partial charge in [0, 0.05) is 39.8 Å². The van der Waals surface area contributed by atoms with Crippen molar-refractivity contribution in [2.45, 2.75) is 20.4 Å². The maximum Gasteiger partial charge on any atom is 0.287 e. The lowest BCUT2D eigenvalue weighted by molar-refractivity contribution is -0.128. The summed E-state index contributed by atoms with van der Waals surface area (Å²) in [7, 11) is 3.85. The third-order valence-electron chi connectivity index (χ3n) is 6.38. The third kappa shape index (κ3) is 7.37. The van der Waals surface area contributed by atoms with Crippen LogP contribution in [0.2, 0.25) is 0 Å². The van der Waals surface area contributed by atoms with E-state index < -0.39 is 0 Å². The van der Waals surface area contributed by atoms with Crippen molar-refractivity contribution in [2.24, 2.45) is 0 Å². The summed E-state index contributed by atoms with van der Waals surface area (Å²) in [5, 5.41) is 2.78. The van der Waals surface area contributed by atoms with E-state index in [1.54, 1.807) is 11.9 Å². The molecule has 0 spiro atoms. The van der Waals surface area contributed by atoms with Gasteiger partial charge in [-0.25, -0.2) is 4.98 Å². The number of carbonyl (C=O) groups is 2. The van der Waals surface area contributed by atoms with Crippen molar-refractivity contribution in [1.82, 2.24) is 29.6 Å². The Hall–Kier alpha value is -3.23. The Balaban J connectivity index is 1.56. The van der Waals surface area contributed by atoms with Crippen molar-refractivity contribution >= 4 is 22.8 Å². The molecule has 0 aliphatic carbocycles. The van der Waals surface area contributed by atoms with Gasteiger partial charge in [0.05, 0.1) is 17.6 Å². The van der Waals surface area contributed by atoms with Crippen molar-refractivity contribution in [3.63, 3.8) is 0 Å². The van der Waals surface area contributed by atoms with Gasteiger partial charge >= 0.3 is 0 Å². The van der Waals surface area contributed by atoms with E-state index in [0.717, 1.165) is 49.3 Å². The number of fused-ring (bicyclic) bond motifs is 1. The number of para-hydroxylation sites is 2. The minimum absolute atomic E-state index is 0.0625. The second kappa shape index (κ2) is 13.0. The highest BCUT2D eigenvalue weighted by Gasteiger charge is 2.19. The number of imidazole rings is 1. The molecule has 2 amide bonds. The van der Waals surface area contributed by atoms with Crippen molar-refractivity contribution in [2.75, 3.05) is 59.9 Å². The number of nitrogens with zero attached hydrogens (tertiary/aromatic N) is 5. The maximum absolute atomic E-state index is 13.0. The summed E-state index contributed by atoms with van der Waals surface area (Å²) in [5.74, 6) is -0.168. The lowest BCUT2D eigenvalue weighted by atomic mass is 10.2. The summed E-state index contributed by atoms with van der Waals surface area (Å²) < 4.78 is 1.90. The van der Waals surface area contributed by atoms with Gasteiger partial charge in [-0.3, -0.25) is 9.59 Å². The molecule has 3 aromatic rings. The third-order valence-corrected chi connectivity index (χ3v) is 6.38. The number of aromatic nitrogens is 2. The van der Waals surface area contributed by atoms with Crippen molar-refractivity contribution in [1.29, 1.82) is 0 Å². The fraction of sp³-hybridized carbons (Fsp3) is 0.444. The molecule has 0 bridgehead atoms. The van der Waals surface area contributed by atoms with Crippen LogP contribution in [0, 0.1) is 0 Å². The highest BCUT2D eigenvalue weighted by molar-refractivity contribution is 5.96. The number of hydrogen-bond acceptors (Lipinski definition) is 5. The fourth-order valence-corrected chi connectivity index (χ4v) is 3.95. The topological polar surface area (TPSA) is 73.7 Å². The Morgan fingerprint density at radius 1 is 0.886 bits per heavy atom. The van der Waals surface area contributed by atoms with E-state index in [0.29, 0.717) is 18.9 Å². The molecule has 0 saturated carbocycles. The van der Waals surface area contributed by atoms with Crippen LogP contribution < -0.4 is 5.32 Å². The molecule has 1 aromatic heterocycles. The molecule has 35 heavy (non-hydrogen) atoms. The first-order chi connectivity index (χ1) is 16.9. The molecule has 0 fully saturated rings. The van der Waals surface area contributed by atoms with Gasteiger partial charge in [-0.1, -0.05) is 56.3 Å². The first-order valence-electron chi connectivity index (χ1n) is 12.3. The van der Waals surface area contributed by atoms with E-state index in [1.807, 2.05) is 59.2 Å². The summed E-state index contributed by atoms with van der Waals surface area (Å²) in [6, 6.07) is 17.6. The molecule has 1 heterocycles. The van der Waals surface area contributed by atoms with Crippen molar-refractivity contribution in [3.05, 3.63) is 66.0 Å². The van der Waals surface area contributed by atoms with E-state index in [-0.39, 0.29) is 18.4 Å². The van der Waals surface area contributed by atoms with Crippen LogP contribution in [0.3, 0.4) is 0 Å². The van der Waals surface area contributed by atoms with Gasteiger partial charge < -0.3 is 24.6 Å². The molecule has 2 aromatic carbocycles. The highest BCUT2D eigenvalue weighted by Crippen LogP contribution is 2.18. The molecular weight excluding hydrogens is 440 g/mol. The first-order valence-corrected chi connectivity index (χ1v) is 12.3. The number of hydrogen-bond donors (Lipinski definition) is 1. The molecule has 8 nitrogen and oxygen atoms in total. The zero-order valence-corrected chi connectivity index (χ0v) is 21.4. The fourth-order valence-electron chi connectivity index (χ4n) is 3.95. The summed E-state index contributed by atoms with van der Waals surface area (Å²) in [6.45, 7) is 10.2. The van der Waals surface area contributed by atoms with E-state index in [1.165, 1.54) is 0 Å². The minimum atomic E-state index is -0.352. The van der Waals surface area contributed by atoms with Crippen LogP contribution in [0.4, 0.5) is 0 Å². The SMILES string of the molecule is CCN(CC)CCN(C)CCN(C)C(=O)CNC(=O)c1nc2ccccc2n1Cc1ccccc1. The van der Waals surface area contributed by atoms with Gasteiger partial charge in [-0.05, 0) is 37.8 Å². The molecule has 1 N–H and O–H groups in total. The number of amides is 2. The van der Waals surface area contributed by atoms with Gasteiger partial charge in [-0.2, -0.15) is 0 Å². The standard InChI is InChI=1S/C27H38N6O2/c1-5-32(6-2)19-17-30(3)16-18-31(4)25(34)20-28-27(35)26-29-23-14-10-11-15-24(23)33(26)21-22-12-8-7-9-13-22/h7-15H,5-6,16-21H2,1-4H3,(H,28,35). The number of carbonyl (C=O) groups excluding carboxylic acids is 2. The van der Waals surface area contributed by atoms with Crippen LogP contribution >= 0.6 is 0 Å². The smallest absolute Gasteiger partial charge is 0.287 e. The number of likely N-dealkylation sites (N-methyl/N-ethyl adjacent to an activating group) is 3. The minimum Gasteiger partial charge on any atom is -0.343 e. The van der Waals surface area contributed by atoms with Gasteiger partial charge in [0.2, 0.25) is 5.91 Å². The summed E-state index contributed by atoms with van der Waals surface area (Å²) >= 11 is 0. The predicted octanol–water partition coefficient (Wildman–Crippen LogP) is 2.55. The second-order valence-corrected chi connectivity index (χ2v) is 8.82. The van der Waals surface area contributed by atoms with E-state index in [2.05, 4.69) is 41.0 Å². The quantitative estimate of drug-likeness (QED) is 0.409. The summed E-state index contributed by atoms with van der Waals surface area (Å²) in [4.78, 5) is 36.5. The van der Waals surface area contributed by atoms with E-state index in [9.17, 15) is 9.59 Å². The molecular formula is C27H38N6O2. The van der Waals surface area contributed by atoms with Gasteiger partial charge in [-0.15, -0.1) is 0 Å². The average molecular weight is 479 g/mol. The molecule has 0 aliphatic rings. The molecule has 188 valence electrons. The van der Waals surface area contributed by atoms with E-state index >= 15 is 0 Å². The van der Waals surface area contributed by atoms with Crippen LogP contribution in [-0.2, 0) is 11.3 Å². The molecule has 0 aliphatic heterocycles. The molecule has 0 radical (unpaired) electrons. The summed E-state index contributed by atoms with van der Waals surface area (Å²) in [5.41, 5.74) is 2.72. The van der Waals surface area contributed by atoms with Crippen LogP contribution in [0.25, 0.3) is 11.0 Å². The zero-order chi connectivity index (χ0) is 25.2. The largest absolute Gasteiger partial charge is 0.343 e. The Bertz CT molecular complexity index is 1090. The zero-order valence-electron chi connectivity index (χ0n) is 21.4. The lowest BCUT2D eigenvalue weighted by Gasteiger charge is -2.25. The van der Waals surface area contributed by atoms with Crippen LogP contribution in [0.5, 0.6) is 0 Å². The normalized spacial score (nSPS) is 11.4. The first kappa shape index (κ1) is 26.4. The van der Waals surface area contributed by atoms with Gasteiger partial charge in [0.25, 0.3) is 5.91 Å². The van der Waals surface area contributed by atoms with E-state index in [4.69, 9.17) is 0 Å². The van der Waals surface area contributed by atoms with Gasteiger partial charge in [0.1, 0.15) is 0 Å². The number of benzene rings is 2. The highest BCUT2D eigenvalue weighted by atomic mass is 16.2. The van der Waals surface area contributed by atoms with Crippen molar-refractivity contribution < 1.29 is 9.59 Å². The molecule has 3 rings (SSSR count). The predicted molar refractivity (Wildman–Crippen MR) is 141 cm³/mol. The molecule has 0 atom stereocenters. The lowest BCUT2D eigenvalue weighted by Crippen LogP contribution is -2.42. The Morgan fingerprint density at radius 3 is 2.26 bits per heavy atom. The van der Waals surface area contributed by atoms with Crippen LogP contribution in [0.1, 0.15) is 30.0 Å². The molecule has 0 saturated heterocycles. The number of nitrogens with one attached hydrogen (secondary N) is 1. The maximum atomic E-state index is 13.0. The van der Waals surface area contributed by atoms with Crippen molar-refractivity contribution in [3.8, 4) is 0 Å². The van der Waals surface area contributed by atoms with Gasteiger partial charge in [0.15, 0.2) is 5.82 Å². The number of rotatable bonds is 13. The van der Waals surface area contributed by atoms with Crippen LogP contribution in [0.15, 0.2) is 54.6 Å². The average Bonchev–Trinajstić information content (AvgIpc) is 3.25. The Labute approximate surface area is 208 Å². The molecule has 8 heteroatoms. The summed E-state index contributed by atoms with van der Waals surface area (Å²) in [6.07, 6.45) is 0. The second-order valence-electron chi connectivity index (χ2n) is 8.82.